The Kier molecular flexibility index (Phi) is 7.36. The van der Waals surface area contributed by atoms with E-state index in [1.165, 1.54) is 127 Å². The second kappa shape index (κ2) is 12.8. The molecule has 59 heavy (non-hydrogen) atoms. The first-order chi connectivity index (χ1) is 29.1. The van der Waals surface area contributed by atoms with Crippen molar-refractivity contribution in [1.29, 1.82) is 0 Å². The maximum absolute atomic E-state index is 2.62. The van der Waals surface area contributed by atoms with Crippen molar-refractivity contribution in [2.24, 2.45) is 0 Å². The molecular formula is C54H34N2S2Se. The zero-order valence-electron chi connectivity index (χ0n) is 32.3. The van der Waals surface area contributed by atoms with Crippen LogP contribution in [0.3, 0.4) is 0 Å². The van der Waals surface area contributed by atoms with E-state index in [1.54, 1.807) is 0 Å². The fourth-order valence-corrected chi connectivity index (χ4v) is 14.5. The number of benzene rings is 10. The fourth-order valence-electron chi connectivity index (χ4n) is 9.73. The van der Waals surface area contributed by atoms with E-state index in [0.717, 1.165) is 0 Å². The Hall–Kier alpha value is -5.94. The molecule has 2 nitrogen and oxygen atoms in total. The molecule has 0 unspecified atom stereocenters. The number of anilines is 6. The number of nitrogens with zero attached hydrogens (tertiary/aromatic N) is 2. The minimum atomic E-state index is 0.144. The Labute approximate surface area is 356 Å². The Morgan fingerprint density at radius 3 is 1.39 bits per heavy atom. The van der Waals surface area contributed by atoms with Gasteiger partial charge in [0.25, 0.3) is 0 Å². The van der Waals surface area contributed by atoms with Crippen LogP contribution in [0.25, 0.3) is 62.4 Å². The van der Waals surface area contributed by atoms with Crippen LogP contribution in [-0.2, 0) is 0 Å². The molecule has 0 saturated carbocycles. The van der Waals surface area contributed by atoms with Crippen molar-refractivity contribution < 1.29 is 0 Å². The molecule has 0 saturated heterocycles. The summed E-state index contributed by atoms with van der Waals surface area (Å²) < 4.78 is 2.96. The Balaban J connectivity index is 1.15. The fraction of sp³-hybridized carbons (Fsp3) is 0.0370. The van der Waals surface area contributed by atoms with Crippen molar-refractivity contribution in [3.8, 4) is 0 Å². The van der Waals surface area contributed by atoms with Crippen LogP contribution in [0, 0.1) is 13.8 Å². The third kappa shape index (κ3) is 4.91. The van der Waals surface area contributed by atoms with Crippen LogP contribution in [0.2, 0.25) is 0 Å². The molecule has 11 aromatic rings. The molecule has 5 heteroatoms. The summed E-state index contributed by atoms with van der Waals surface area (Å²) in [7, 11) is 0. The standard InChI is InChI=1S/C54H34N2S2Se/c1-31-24-26-37-39(27-31)52(55-42-17-7-10-20-46(42)57-47-21-11-8-18-43(47)55)36-25-23-32(2)28-40(36)53(37)56-44-19-9-12-22-48(44)58-49-29-41-50(30-45(49)56)59-54-38-16-6-4-14-34(38)33-13-3-5-15-35(33)51(41)54/h3-30H,1-2H3. The zero-order valence-corrected chi connectivity index (χ0v) is 35.6. The van der Waals surface area contributed by atoms with Gasteiger partial charge in [0.15, 0.2) is 0 Å². The number of fused-ring (bicyclic) bond motifs is 14. The van der Waals surface area contributed by atoms with E-state index < -0.39 is 0 Å². The minimum absolute atomic E-state index is 0.144. The normalized spacial score (nSPS) is 13.4. The maximum atomic E-state index is 2.62. The quantitative estimate of drug-likeness (QED) is 0.0970. The van der Waals surface area contributed by atoms with Crippen LogP contribution in [0.4, 0.5) is 34.1 Å². The summed E-state index contributed by atoms with van der Waals surface area (Å²) >= 11 is 3.92. The molecular weight excluding hydrogens is 820 g/mol. The molecule has 0 aliphatic carbocycles. The van der Waals surface area contributed by atoms with Gasteiger partial charge in [0.1, 0.15) is 0 Å². The van der Waals surface area contributed by atoms with Crippen molar-refractivity contribution in [3.05, 3.63) is 181 Å². The summed E-state index contributed by atoms with van der Waals surface area (Å²) in [6.07, 6.45) is 0. The molecule has 278 valence electrons. The monoisotopic (exact) mass is 854 g/mol. The van der Waals surface area contributed by atoms with E-state index in [2.05, 4.69) is 194 Å². The first-order valence-electron chi connectivity index (χ1n) is 20.1. The van der Waals surface area contributed by atoms with Gasteiger partial charge in [0, 0.05) is 0 Å². The molecule has 0 N–H and O–H groups in total. The molecule has 0 atom stereocenters. The predicted octanol–water partition coefficient (Wildman–Crippen LogP) is 16.1. The van der Waals surface area contributed by atoms with Gasteiger partial charge in [-0.3, -0.25) is 0 Å². The molecule has 10 aromatic carbocycles. The van der Waals surface area contributed by atoms with Crippen LogP contribution in [0.5, 0.6) is 0 Å². The van der Waals surface area contributed by atoms with Gasteiger partial charge in [-0.1, -0.05) is 12.1 Å². The Morgan fingerprint density at radius 2 is 0.814 bits per heavy atom. The first-order valence-corrected chi connectivity index (χ1v) is 23.4. The molecule has 0 fully saturated rings. The van der Waals surface area contributed by atoms with E-state index in [1.807, 2.05) is 23.5 Å². The molecule has 1 aromatic heterocycles. The Morgan fingerprint density at radius 1 is 0.356 bits per heavy atom. The third-order valence-electron chi connectivity index (χ3n) is 12.2. The van der Waals surface area contributed by atoms with E-state index >= 15 is 0 Å². The number of rotatable bonds is 2. The number of hydrogen-bond acceptors (Lipinski definition) is 4. The molecule has 0 bridgehead atoms. The number of hydrogen-bond donors (Lipinski definition) is 0. The second-order valence-electron chi connectivity index (χ2n) is 15.8. The van der Waals surface area contributed by atoms with Gasteiger partial charge >= 0.3 is 347 Å². The van der Waals surface area contributed by atoms with E-state index in [9.17, 15) is 0 Å². The molecule has 0 radical (unpaired) electrons. The SMILES string of the molecule is Cc1ccc2c(N3c4ccccc4Sc4cc5c(cc43)[se]c3c4ccccc4c4ccccc4c53)c3cc(C)ccc3c(N3c4ccccc4Sc4ccccc43)c2c1. The molecule has 2 aliphatic rings. The number of para-hydroxylation sites is 3. The van der Waals surface area contributed by atoms with E-state index in [-0.39, 0.29) is 14.5 Å². The van der Waals surface area contributed by atoms with Crippen LogP contribution in [0.1, 0.15) is 11.1 Å². The van der Waals surface area contributed by atoms with Gasteiger partial charge in [-0.05, 0) is 0 Å². The second-order valence-corrected chi connectivity index (χ2v) is 20.2. The van der Waals surface area contributed by atoms with Crippen LogP contribution in [-0.4, -0.2) is 14.5 Å². The molecule has 0 amide bonds. The number of aryl methyl sites for hydroxylation is 2. The van der Waals surface area contributed by atoms with Crippen LogP contribution >= 0.6 is 23.5 Å². The van der Waals surface area contributed by atoms with E-state index in [0.29, 0.717) is 0 Å². The van der Waals surface area contributed by atoms with Crippen molar-refractivity contribution in [2.75, 3.05) is 9.80 Å². The van der Waals surface area contributed by atoms with Crippen LogP contribution in [0.15, 0.2) is 189 Å². The van der Waals surface area contributed by atoms with Gasteiger partial charge in [0.2, 0.25) is 0 Å². The molecule has 3 heterocycles. The topological polar surface area (TPSA) is 6.48 Å². The van der Waals surface area contributed by atoms with Crippen LogP contribution < -0.4 is 9.80 Å². The summed E-state index contributed by atoms with van der Waals surface area (Å²) in [5.74, 6) is 0. The molecule has 13 rings (SSSR count). The van der Waals surface area contributed by atoms with Gasteiger partial charge < -0.3 is 0 Å². The predicted molar refractivity (Wildman–Crippen MR) is 256 cm³/mol. The van der Waals surface area contributed by atoms with Gasteiger partial charge in [-0.2, -0.15) is 0 Å². The van der Waals surface area contributed by atoms with Crippen molar-refractivity contribution >= 4 is 135 Å². The third-order valence-corrected chi connectivity index (χ3v) is 17.0. The summed E-state index contributed by atoms with van der Waals surface area (Å²) in [5.41, 5.74) is 9.89. The van der Waals surface area contributed by atoms with Crippen molar-refractivity contribution in [2.45, 2.75) is 33.4 Å². The molecule has 2 aliphatic heterocycles. The van der Waals surface area contributed by atoms with Crippen molar-refractivity contribution in [1.82, 2.24) is 0 Å². The van der Waals surface area contributed by atoms with Gasteiger partial charge in [0.05, 0.1) is 0 Å². The average molecular weight is 854 g/mol. The summed E-state index contributed by atoms with van der Waals surface area (Å²) in [5, 5.41) is 13.3. The zero-order chi connectivity index (χ0) is 38.9. The van der Waals surface area contributed by atoms with Gasteiger partial charge in [-0.25, -0.2) is 0 Å². The summed E-state index contributed by atoms with van der Waals surface area (Å²) in [6.45, 7) is 4.47. The average Bonchev–Trinajstić information content (AvgIpc) is 3.65. The summed E-state index contributed by atoms with van der Waals surface area (Å²) in [6, 6.07) is 64.2. The summed E-state index contributed by atoms with van der Waals surface area (Å²) in [4.78, 5) is 10.3. The van der Waals surface area contributed by atoms with E-state index in [4.69, 9.17) is 0 Å². The Bertz CT molecular complexity index is 3580. The van der Waals surface area contributed by atoms with Crippen molar-refractivity contribution in [3.63, 3.8) is 0 Å². The first kappa shape index (κ1) is 34.0. The van der Waals surface area contributed by atoms with Gasteiger partial charge in [-0.15, -0.1) is 0 Å². The molecule has 0 spiro atoms.